The van der Waals surface area contributed by atoms with E-state index in [4.69, 9.17) is 11.6 Å². The molecule has 7 heteroatoms. The third-order valence-corrected chi connectivity index (χ3v) is 3.67. The van der Waals surface area contributed by atoms with Crippen molar-refractivity contribution in [3.05, 3.63) is 30.1 Å². The lowest BCUT2D eigenvalue weighted by Crippen LogP contribution is -2.32. The maximum Gasteiger partial charge on any atom is 0.231 e. The second-order valence-electron chi connectivity index (χ2n) is 5.23. The molecule has 0 aliphatic heterocycles. The van der Waals surface area contributed by atoms with Gasteiger partial charge in [0, 0.05) is 11.6 Å². The van der Waals surface area contributed by atoms with E-state index < -0.39 is 5.41 Å². The van der Waals surface area contributed by atoms with E-state index in [1.807, 2.05) is 25.1 Å². The van der Waals surface area contributed by atoms with Crippen LogP contribution in [0, 0.1) is 12.3 Å². The predicted molar refractivity (Wildman–Crippen MR) is 77.0 cm³/mol. The third kappa shape index (κ3) is 2.96. The standard InChI is InChI=1S/C13H16ClN5O/c1-9-6-10(16-12(20)13(2,3)7-14)4-5-11(9)19-8-15-17-18-19/h4-6,8H,7H2,1-3H3,(H,16,20). The van der Waals surface area contributed by atoms with Gasteiger partial charge in [0.1, 0.15) is 6.33 Å². The van der Waals surface area contributed by atoms with Crippen molar-refractivity contribution in [1.82, 2.24) is 20.2 Å². The summed E-state index contributed by atoms with van der Waals surface area (Å²) < 4.78 is 1.57. The summed E-state index contributed by atoms with van der Waals surface area (Å²) in [6, 6.07) is 5.54. The number of carbonyl (C=O) groups excluding carboxylic acids is 1. The quantitative estimate of drug-likeness (QED) is 0.877. The smallest absolute Gasteiger partial charge is 0.231 e. The molecule has 1 N–H and O–H groups in total. The van der Waals surface area contributed by atoms with Gasteiger partial charge in [0.25, 0.3) is 0 Å². The van der Waals surface area contributed by atoms with Crippen LogP contribution in [-0.2, 0) is 4.79 Å². The number of benzene rings is 1. The number of anilines is 1. The summed E-state index contributed by atoms with van der Waals surface area (Å²) in [4.78, 5) is 12.1. The van der Waals surface area contributed by atoms with Gasteiger partial charge in [-0.3, -0.25) is 4.79 Å². The number of hydrogen-bond acceptors (Lipinski definition) is 4. The van der Waals surface area contributed by atoms with Gasteiger partial charge in [-0.1, -0.05) is 0 Å². The minimum Gasteiger partial charge on any atom is -0.326 e. The van der Waals surface area contributed by atoms with Crippen LogP contribution in [0.4, 0.5) is 5.69 Å². The normalized spacial score (nSPS) is 11.4. The van der Waals surface area contributed by atoms with Gasteiger partial charge in [0.15, 0.2) is 0 Å². The predicted octanol–water partition coefficient (Wildman–Crippen LogP) is 2.17. The van der Waals surface area contributed by atoms with E-state index in [1.54, 1.807) is 18.5 Å². The van der Waals surface area contributed by atoms with Crippen LogP contribution in [0.5, 0.6) is 0 Å². The zero-order valence-corrected chi connectivity index (χ0v) is 12.3. The minimum absolute atomic E-state index is 0.109. The number of nitrogens with one attached hydrogen (secondary N) is 1. The molecule has 0 aliphatic carbocycles. The Balaban J connectivity index is 2.20. The summed E-state index contributed by atoms with van der Waals surface area (Å²) in [7, 11) is 0. The molecule has 0 saturated heterocycles. The Hall–Kier alpha value is -1.95. The molecule has 2 aromatic rings. The van der Waals surface area contributed by atoms with Gasteiger partial charge in [-0.05, 0) is 55.0 Å². The summed E-state index contributed by atoms with van der Waals surface area (Å²) in [5.41, 5.74) is 1.94. The largest absolute Gasteiger partial charge is 0.326 e. The number of amides is 1. The second-order valence-corrected chi connectivity index (χ2v) is 5.49. The Labute approximate surface area is 122 Å². The van der Waals surface area contributed by atoms with Gasteiger partial charge in [-0.15, -0.1) is 16.7 Å². The molecule has 0 fully saturated rings. The molecular weight excluding hydrogens is 278 g/mol. The van der Waals surface area contributed by atoms with Gasteiger partial charge < -0.3 is 5.32 Å². The molecule has 106 valence electrons. The van der Waals surface area contributed by atoms with Gasteiger partial charge in [0.2, 0.25) is 5.91 Å². The molecular formula is C13H16ClN5O. The van der Waals surface area contributed by atoms with E-state index in [9.17, 15) is 4.79 Å². The van der Waals surface area contributed by atoms with Crippen LogP contribution in [0.25, 0.3) is 5.69 Å². The number of carbonyl (C=O) groups is 1. The molecule has 0 saturated carbocycles. The lowest BCUT2D eigenvalue weighted by Gasteiger charge is -2.20. The van der Waals surface area contributed by atoms with Crippen molar-refractivity contribution in [3.63, 3.8) is 0 Å². The lowest BCUT2D eigenvalue weighted by atomic mass is 9.95. The summed E-state index contributed by atoms with van der Waals surface area (Å²) in [5, 5.41) is 13.9. The average molecular weight is 294 g/mol. The van der Waals surface area contributed by atoms with Crippen LogP contribution in [-0.4, -0.2) is 32.0 Å². The zero-order valence-electron chi connectivity index (χ0n) is 11.6. The Morgan fingerprint density at radius 3 is 2.75 bits per heavy atom. The van der Waals surface area contributed by atoms with Crippen molar-refractivity contribution in [2.45, 2.75) is 20.8 Å². The van der Waals surface area contributed by atoms with E-state index in [-0.39, 0.29) is 11.8 Å². The maximum absolute atomic E-state index is 12.1. The number of alkyl halides is 1. The molecule has 20 heavy (non-hydrogen) atoms. The van der Waals surface area contributed by atoms with Crippen LogP contribution in [0.15, 0.2) is 24.5 Å². The summed E-state index contributed by atoms with van der Waals surface area (Å²) in [6.07, 6.45) is 1.52. The third-order valence-electron chi connectivity index (χ3n) is 3.00. The van der Waals surface area contributed by atoms with Crippen LogP contribution in [0.3, 0.4) is 0 Å². The number of rotatable bonds is 4. The van der Waals surface area contributed by atoms with Crippen molar-refractivity contribution in [3.8, 4) is 5.69 Å². The fraction of sp³-hybridized carbons (Fsp3) is 0.385. The molecule has 6 nitrogen and oxygen atoms in total. The molecule has 0 bridgehead atoms. The molecule has 0 radical (unpaired) electrons. The molecule has 0 atom stereocenters. The molecule has 1 heterocycles. The van der Waals surface area contributed by atoms with E-state index in [2.05, 4.69) is 20.8 Å². The van der Waals surface area contributed by atoms with E-state index in [0.717, 1.165) is 16.9 Å². The van der Waals surface area contributed by atoms with Crippen molar-refractivity contribution < 1.29 is 4.79 Å². The second kappa shape index (κ2) is 5.58. The van der Waals surface area contributed by atoms with Crippen molar-refractivity contribution in [1.29, 1.82) is 0 Å². The summed E-state index contributed by atoms with van der Waals surface area (Å²) in [5.74, 6) is 0.155. The average Bonchev–Trinajstić information content (AvgIpc) is 2.92. The van der Waals surface area contributed by atoms with Crippen molar-refractivity contribution >= 4 is 23.2 Å². The first-order chi connectivity index (χ1) is 9.44. The molecule has 0 aliphatic rings. The van der Waals surface area contributed by atoms with Gasteiger partial charge in [-0.25, -0.2) is 4.68 Å². The first kappa shape index (κ1) is 14.5. The van der Waals surface area contributed by atoms with Gasteiger partial charge in [0.05, 0.1) is 11.1 Å². The monoisotopic (exact) mass is 293 g/mol. The van der Waals surface area contributed by atoms with Crippen LogP contribution < -0.4 is 5.32 Å². The molecule has 1 aromatic carbocycles. The van der Waals surface area contributed by atoms with E-state index >= 15 is 0 Å². The molecule has 0 spiro atoms. The summed E-state index contributed by atoms with van der Waals surface area (Å²) >= 11 is 5.79. The van der Waals surface area contributed by atoms with Gasteiger partial charge >= 0.3 is 0 Å². The lowest BCUT2D eigenvalue weighted by molar-refractivity contribution is -0.122. The highest BCUT2D eigenvalue weighted by Crippen LogP contribution is 2.22. The Morgan fingerprint density at radius 2 is 2.20 bits per heavy atom. The number of hydrogen-bond donors (Lipinski definition) is 1. The molecule has 1 amide bonds. The topological polar surface area (TPSA) is 72.7 Å². The fourth-order valence-electron chi connectivity index (χ4n) is 1.62. The van der Waals surface area contributed by atoms with Crippen LogP contribution >= 0.6 is 11.6 Å². The zero-order chi connectivity index (χ0) is 14.8. The number of nitrogens with zero attached hydrogens (tertiary/aromatic N) is 4. The van der Waals surface area contributed by atoms with Gasteiger partial charge in [-0.2, -0.15) is 0 Å². The molecule has 2 rings (SSSR count). The van der Waals surface area contributed by atoms with Crippen LogP contribution in [0.2, 0.25) is 0 Å². The first-order valence-electron chi connectivity index (χ1n) is 6.15. The first-order valence-corrected chi connectivity index (χ1v) is 6.69. The molecule has 1 aromatic heterocycles. The Kier molecular flexibility index (Phi) is 4.04. The van der Waals surface area contributed by atoms with E-state index in [0.29, 0.717) is 0 Å². The Bertz CT molecular complexity index is 609. The number of halogens is 1. The SMILES string of the molecule is Cc1cc(NC(=O)C(C)(C)CCl)ccc1-n1cnnn1. The maximum atomic E-state index is 12.1. The summed E-state index contributed by atoms with van der Waals surface area (Å²) in [6.45, 7) is 5.54. The highest BCUT2D eigenvalue weighted by atomic mass is 35.5. The Morgan fingerprint density at radius 1 is 1.45 bits per heavy atom. The van der Waals surface area contributed by atoms with Crippen molar-refractivity contribution in [2.24, 2.45) is 5.41 Å². The highest BCUT2D eigenvalue weighted by Gasteiger charge is 2.26. The number of tetrazole rings is 1. The number of aromatic nitrogens is 4. The van der Waals surface area contributed by atoms with E-state index in [1.165, 1.54) is 6.33 Å². The molecule has 0 unspecified atom stereocenters. The number of aryl methyl sites for hydroxylation is 1. The van der Waals surface area contributed by atoms with Crippen LogP contribution in [0.1, 0.15) is 19.4 Å². The minimum atomic E-state index is -0.607. The fourth-order valence-corrected chi connectivity index (χ4v) is 1.74. The van der Waals surface area contributed by atoms with Crippen molar-refractivity contribution in [2.75, 3.05) is 11.2 Å². The highest BCUT2D eigenvalue weighted by molar-refractivity contribution is 6.20.